The van der Waals surface area contributed by atoms with Gasteiger partial charge in [0.15, 0.2) is 5.15 Å². The highest BCUT2D eigenvalue weighted by Gasteiger charge is 2.12. The summed E-state index contributed by atoms with van der Waals surface area (Å²) in [4.78, 5) is 28.1. The molecule has 156 valence electrons. The van der Waals surface area contributed by atoms with E-state index in [0.717, 1.165) is 31.9 Å². The zero-order chi connectivity index (χ0) is 21.2. The standard InChI is InChI=1S/C22H20ClN7O/c23-20-19(2-1-8-25-20)30-11-7-18-17(21(30)31)14-26-22(28-18)27-15-3-5-16(6-4-15)29-12-9-24-10-13-29/h1-8,11,14,24H,9-10,12-13H2,(H,26,27,28). The topological polar surface area (TPSA) is 88.0 Å². The third-order valence-corrected chi connectivity index (χ3v) is 5.54. The second kappa shape index (κ2) is 8.33. The van der Waals surface area contributed by atoms with Crippen LogP contribution < -0.4 is 21.1 Å². The lowest BCUT2D eigenvalue weighted by atomic mass is 10.2. The summed E-state index contributed by atoms with van der Waals surface area (Å²) in [5.74, 6) is 0.430. The van der Waals surface area contributed by atoms with Crippen molar-refractivity contribution in [3.05, 3.63) is 76.6 Å². The molecular weight excluding hydrogens is 414 g/mol. The number of rotatable bonds is 4. The maximum Gasteiger partial charge on any atom is 0.266 e. The van der Waals surface area contributed by atoms with Gasteiger partial charge in [-0.2, -0.15) is 0 Å². The molecular formula is C22H20ClN7O. The first-order valence-electron chi connectivity index (χ1n) is 10.0. The first kappa shape index (κ1) is 19.5. The minimum Gasteiger partial charge on any atom is -0.369 e. The molecule has 4 aromatic rings. The summed E-state index contributed by atoms with van der Waals surface area (Å²) < 4.78 is 1.45. The predicted molar refractivity (Wildman–Crippen MR) is 123 cm³/mol. The highest BCUT2D eigenvalue weighted by molar-refractivity contribution is 6.31. The minimum absolute atomic E-state index is 0.251. The minimum atomic E-state index is -0.251. The Morgan fingerprint density at radius 2 is 1.84 bits per heavy atom. The van der Waals surface area contributed by atoms with Gasteiger partial charge in [0.25, 0.3) is 5.56 Å². The van der Waals surface area contributed by atoms with Gasteiger partial charge in [-0.25, -0.2) is 15.0 Å². The Labute approximate surface area is 183 Å². The van der Waals surface area contributed by atoms with E-state index in [2.05, 4.69) is 42.6 Å². The molecule has 0 radical (unpaired) electrons. The maximum atomic E-state index is 12.9. The lowest BCUT2D eigenvalue weighted by Gasteiger charge is -2.29. The number of piperazine rings is 1. The molecule has 0 spiro atoms. The molecule has 31 heavy (non-hydrogen) atoms. The van der Waals surface area contributed by atoms with Crippen LogP contribution in [-0.2, 0) is 0 Å². The van der Waals surface area contributed by atoms with Crippen molar-refractivity contribution < 1.29 is 0 Å². The molecule has 1 aliphatic heterocycles. The predicted octanol–water partition coefficient (Wildman–Crippen LogP) is 2.98. The van der Waals surface area contributed by atoms with Gasteiger partial charge in [-0.05, 0) is 42.5 Å². The van der Waals surface area contributed by atoms with E-state index in [1.54, 1.807) is 30.6 Å². The van der Waals surface area contributed by atoms with Crippen molar-refractivity contribution in [3.8, 4) is 5.69 Å². The molecule has 0 aliphatic carbocycles. The van der Waals surface area contributed by atoms with Gasteiger partial charge in [-0.1, -0.05) is 11.6 Å². The second-order valence-corrected chi connectivity index (χ2v) is 7.56. The number of benzene rings is 1. The number of hydrogen-bond donors (Lipinski definition) is 2. The van der Waals surface area contributed by atoms with Crippen LogP contribution in [0.15, 0.2) is 65.8 Å². The Bertz CT molecular complexity index is 1280. The molecule has 0 unspecified atom stereocenters. The van der Waals surface area contributed by atoms with Gasteiger partial charge in [0, 0.05) is 56.1 Å². The van der Waals surface area contributed by atoms with Crippen LogP contribution in [0.1, 0.15) is 0 Å². The van der Waals surface area contributed by atoms with Crippen LogP contribution >= 0.6 is 11.6 Å². The first-order chi connectivity index (χ1) is 15.2. The molecule has 0 atom stereocenters. The number of anilines is 3. The van der Waals surface area contributed by atoms with Crippen LogP contribution in [0.3, 0.4) is 0 Å². The monoisotopic (exact) mass is 433 g/mol. The molecule has 4 heterocycles. The van der Waals surface area contributed by atoms with E-state index in [-0.39, 0.29) is 10.7 Å². The van der Waals surface area contributed by atoms with Crippen molar-refractivity contribution in [3.63, 3.8) is 0 Å². The van der Waals surface area contributed by atoms with Crippen LogP contribution in [-0.4, -0.2) is 45.7 Å². The molecule has 3 aromatic heterocycles. The molecule has 9 heteroatoms. The fraction of sp³-hybridized carbons (Fsp3) is 0.182. The van der Waals surface area contributed by atoms with Crippen molar-refractivity contribution in [2.75, 3.05) is 36.4 Å². The van der Waals surface area contributed by atoms with Gasteiger partial charge >= 0.3 is 0 Å². The summed E-state index contributed by atoms with van der Waals surface area (Å²) in [7, 11) is 0. The molecule has 1 fully saturated rings. The van der Waals surface area contributed by atoms with Crippen molar-refractivity contribution in [2.24, 2.45) is 0 Å². The van der Waals surface area contributed by atoms with Gasteiger partial charge in [-0.15, -0.1) is 0 Å². The highest BCUT2D eigenvalue weighted by atomic mass is 35.5. The zero-order valence-corrected chi connectivity index (χ0v) is 17.4. The molecule has 1 saturated heterocycles. The second-order valence-electron chi connectivity index (χ2n) is 7.21. The summed E-state index contributed by atoms with van der Waals surface area (Å²) in [5.41, 5.74) is 2.90. The summed E-state index contributed by atoms with van der Waals surface area (Å²) in [6.45, 7) is 4.00. The lowest BCUT2D eigenvalue weighted by Crippen LogP contribution is -2.43. The Hall–Kier alpha value is -3.49. The number of aromatic nitrogens is 4. The van der Waals surface area contributed by atoms with Crippen molar-refractivity contribution >= 4 is 39.8 Å². The summed E-state index contributed by atoms with van der Waals surface area (Å²) in [6.07, 6.45) is 4.75. The van der Waals surface area contributed by atoms with Gasteiger partial charge in [0.1, 0.15) is 0 Å². The largest absolute Gasteiger partial charge is 0.369 e. The molecule has 0 saturated carbocycles. The number of halogens is 1. The number of fused-ring (bicyclic) bond motifs is 1. The van der Waals surface area contributed by atoms with Crippen LogP contribution in [0.25, 0.3) is 16.6 Å². The smallest absolute Gasteiger partial charge is 0.266 e. The molecule has 1 aliphatic rings. The zero-order valence-electron chi connectivity index (χ0n) is 16.6. The number of pyridine rings is 2. The van der Waals surface area contributed by atoms with Crippen molar-refractivity contribution in [1.82, 2.24) is 24.8 Å². The van der Waals surface area contributed by atoms with Crippen molar-refractivity contribution in [2.45, 2.75) is 0 Å². The van der Waals surface area contributed by atoms with E-state index < -0.39 is 0 Å². The Balaban J connectivity index is 1.39. The Kier molecular flexibility index (Phi) is 5.23. The molecule has 5 rings (SSSR count). The molecule has 2 N–H and O–H groups in total. The fourth-order valence-electron chi connectivity index (χ4n) is 3.64. The summed E-state index contributed by atoms with van der Waals surface area (Å²) in [5, 5.41) is 7.23. The Morgan fingerprint density at radius 3 is 2.61 bits per heavy atom. The Morgan fingerprint density at radius 1 is 1.03 bits per heavy atom. The average molecular weight is 434 g/mol. The quantitative estimate of drug-likeness (QED) is 0.478. The van der Waals surface area contributed by atoms with Gasteiger partial charge in [0.05, 0.1) is 16.6 Å². The van der Waals surface area contributed by atoms with Crippen LogP contribution in [0.2, 0.25) is 5.15 Å². The van der Waals surface area contributed by atoms with Crippen LogP contribution in [0, 0.1) is 0 Å². The van der Waals surface area contributed by atoms with E-state index in [1.807, 2.05) is 12.1 Å². The van der Waals surface area contributed by atoms with Crippen LogP contribution in [0.5, 0.6) is 0 Å². The average Bonchev–Trinajstić information content (AvgIpc) is 2.81. The summed E-state index contributed by atoms with van der Waals surface area (Å²) >= 11 is 6.14. The van der Waals surface area contributed by atoms with Crippen molar-refractivity contribution in [1.29, 1.82) is 0 Å². The number of nitrogens with zero attached hydrogens (tertiary/aromatic N) is 5. The number of hydrogen-bond acceptors (Lipinski definition) is 7. The van der Waals surface area contributed by atoms with Gasteiger partial charge < -0.3 is 15.5 Å². The first-order valence-corrected chi connectivity index (χ1v) is 10.4. The van der Waals surface area contributed by atoms with E-state index in [9.17, 15) is 4.79 Å². The maximum absolute atomic E-state index is 12.9. The molecule has 0 bridgehead atoms. The highest BCUT2D eigenvalue weighted by Crippen LogP contribution is 2.21. The van der Waals surface area contributed by atoms with E-state index in [1.165, 1.54) is 16.5 Å². The van der Waals surface area contributed by atoms with Gasteiger partial charge in [-0.3, -0.25) is 9.36 Å². The van der Waals surface area contributed by atoms with E-state index in [0.29, 0.717) is 22.5 Å². The third kappa shape index (κ3) is 3.95. The summed E-state index contributed by atoms with van der Waals surface area (Å²) in [6, 6.07) is 13.4. The van der Waals surface area contributed by atoms with E-state index >= 15 is 0 Å². The molecule has 8 nitrogen and oxygen atoms in total. The van der Waals surface area contributed by atoms with Gasteiger partial charge in [0.2, 0.25) is 5.95 Å². The SMILES string of the molecule is O=c1c2cnc(Nc3ccc(N4CCNCC4)cc3)nc2ccn1-c1cccnc1Cl. The lowest BCUT2D eigenvalue weighted by molar-refractivity contribution is 0.589. The van der Waals surface area contributed by atoms with Crippen LogP contribution in [0.4, 0.5) is 17.3 Å². The molecule has 0 amide bonds. The van der Waals surface area contributed by atoms with E-state index in [4.69, 9.17) is 11.6 Å². The third-order valence-electron chi connectivity index (χ3n) is 5.25. The fourth-order valence-corrected chi connectivity index (χ4v) is 3.85. The normalized spacial score (nSPS) is 14.0. The number of nitrogens with one attached hydrogen (secondary N) is 2. The molecule has 1 aromatic carbocycles.